The number of sulfonamides is 1. The van der Waals surface area contributed by atoms with Crippen LogP contribution in [0.3, 0.4) is 0 Å². The Kier molecular flexibility index (Phi) is 8.66. The molecule has 2 N–H and O–H groups in total. The van der Waals surface area contributed by atoms with Gasteiger partial charge in [-0.15, -0.1) is 0 Å². The molecule has 1 aliphatic heterocycles. The number of nitrogens with zero attached hydrogens (tertiary/aromatic N) is 3. The summed E-state index contributed by atoms with van der Waals surface area (Å²) in [5.74, 6) is 0.997. The molecule has 27 heavy (non-hydrogen) atoms. The Morgan fingerprint density at radius 2 is 1.96 bits per heavy atom. The van der Waals surface area contributed by atoms with Crippen LogP contribution in [-0.2, 0) is 10.0 Å². The van der Waals surface area contributed by atoms with Crippen molar-refractivity contribution < 1.29 is 8.42 Å². The second-order valence-electron chi connectivity index (χ2n) is 6.34. The summed E-state index contributed by atoms with van der Waals surface area (Å²) in [4.78, 5) is 9.23. The molecule has 1 fully saturated rings. The van der Waals surface area contributed by atoms with E-state index < -0.39 is 10.0 Å². The van der Waals surface area contributed by atoms with Crippen molar-refractivity contribution in [2.24, 2.45) is 4.99 Å². The van der Waals surface area contributed by atoms with Crippen molar-refractivity contribution in [2.75, 3.05) is 56.5 Å². The number of hydrogen-bond donors (Lipinski definition) is 2. The smallest absolute Gasteiger partial charge is 0.211 e. The molecule has 0 amide bonds. The molecule has 0 radical (unpaired) electrons. The molecule has 9 heteroatoms. The summed E-state index contributed by atoms with van der Waals surface area (Å²) in [7, 11) is -3.13. The second-order valence-corrected chi connectivity index (χ2v) is 8.87. The van der Waals surface area contributed by atoms with Crippen molar-refractivity contribution >= 4 is 33.3 Å². The van der Waals surface area contributed by atoms with Crippen LogP contribution in [0, 0.1) is 0 Å². The van der Waals surface area contributed by atoms with E-state index in [-0.39, 0.29) is 5.75 Å². The molecule has 1 saturated heterocycles. The van der Waals surface area contributed by atoms with Gasteiger partial charge in [-0.05, 0) is 38.5 Å². The van der Waals surface area contributed by atoms with Crippen molar-refractivity contribution in [3.63, 3.8) is 0 Å². The summed E-state index contributed by atoms with van der Waals surface area (Å²) < 4.78 is 25.4. The van der Waals surface area contributed by atoms with Crippen LogP contribution in [0.5, 0.6) is 0 Å². The maximum Gasteiger partial charge on any atom is 0.211 e. The van der Waals surface area contributed by atoms with Crippen molar-refractivity contribution in [2.45, 2.75) is 20.3 Å². The highest BCUT2D eigenvalue weighted by Gasteiger charge is 2.19. The van der Waals surface area contributed by atoms with Gasteiger partial charge in [-0.25, -0.2) is 13.1 Å². The van der Waals surface area contributed by atoms with Crippen LogP contribution in [0.2, 0.25) is 5.02 Å². The highest BCUT2D eigenvalue weighted by Crippen LogP contribution is 2.20. The minimum atomic E-state index is -3.13. The molecule has 152 valence electrons. The molecule has 0 aromatic heterocycles. The maximum atomic E-state index is 11.4. The molecule has 2 rings (SSSR count). The summed E-state index contributed by atoms with van der Waals surface area (Å²) in [5, 5.41) is 4.09. The zero-order valence-corrected chi connectivity index (χ0v) is 17.7. The third kappa shape index (κ3) is 7.20. The Bertz CT molecular complexity index is 718. The molecule has 1 aromatic carbocycles. The minimum absolute atomic E-state index is 0.107. The summed E-state index contributed by atoms with van der Waals surface area (Å²) in [6, 6.07) is 7.94. The van der Waals surface area contributed by atoms with Gasteiger partial charge in [0.2, 0.25) is 10.0 Å². The molecule has 0 atom stereocenters. The van der Waals surface area contributed by atoms with E-state index in [9.17, 15) is 8.42 Å². The van der Waals surface area contributed by atoms with Gasteiger partial charge < -0.3 is 15.1 Å². The second kappa shape index (κ2) is 10.7. The van der Waals surface area contributed by atoms with Crippen LogP contribution in [0.15, 0.2) is 29.3 Å². The predicted octanol–water partition coefficient (Wildman–Crippen LogP) is 1.76. The van der Waals surface area contributed by atoms with Gasteiger partial charge in [0.25, 0.3) is 0 Å². The zero-order valence-electron chi connectivity index (χ0n) is 16.1. The number of aliphatic imine (C=N–C) groups is 1. The van der Waals surface area contributed by atoms with Crippen molar-refractivity contribution in [1.29, 1.82) is 0 Å². The molecule has 0 saturated carbocycles. The fraction of sp³-hybridized carbons (Fsp3) is 0.611. The van der Waals surface area contributed by atoms with E-state index in [4.69, 9.17) is 11.6 Å². The fourth-order valence-corrected chi connectivity index (χ4v) is 3.71. The van der Waals surface area contributed by atoms with Gasteiger partial charge in [0, 0.05) is 56.5 Å². The third-order valence-electron chi connectivity index (χ3n) is 4.39. The van der Waals surface area contributed by atoms with Crippen LogP contribution < -0.4 is 14.9 Å². The van der Waals surface area contributed by atoms with E-state index in [2.05, 4.69) is 30.9 Å². The maximum absolute atomic E-state index is 11.4. The van der Waals surface area contributed by atoms with Gasteiger partial charge in [0.1, 0.15) is 0 Å². The number of hydrogen-bond acceptors (Lipinski definition) is 4. The molecule has 0 spiro atoms. The quantitative estimate of drug-likeness (QED) is 0.384. The highest BCUT2D eigenvalue weighted by atomic mass is 35.5. The van der Waals surface area contributed by atoms with Gasteiger partial charge in [-0.3, -0.25) is 4.99 Å². The lowest BCUT2D eigenvalue weighted by atomic mass is 10.2. The molecule has 0 unspecified atom stereocenters. The van der Waals surface area contributed by atoms with E-state index in [1.807, 2.05) is 25.1 Å². The Labute approximate surface area is 167 Å². The van der Waals surface area contributed by atoms with Gasteiger partial charge in [-0.2, -0.15) is 0 Å². The zero-order chi connectivity index (χ0) is 19.7. The molecule has 1 aliphatic rings. The molecular formula is C18H30ClN5O2S. The van der Waals surface area contributed by atoms with Crippen LogP contribution in [-0.4, -0.2) is 70.8 Å². The number of piperazine rings is 1. The first-order valence-electron chi connectivity index (χ1n) is 9.46. The average Bonchev–Trinajstić information content (AvgIpc) is 2.67. The molecular weight excluding hydrogens is 386 g/mol. The highest BCUT2D eigenvalue weighted by molar-refractivity contribution is 7.89. The van der Waals surface area contributed by atoms with Gasteiger partial charge >= 0.3 is 0 Å². The van der Waals surface area contributed by atoms with Crippen LogP contribution >= 0.6 is 11.6 Å². The van der Waals surface area contributed by atoms with Crippen LogP contribution in [0.4, 0.5) is 5.69 Å². The number of halogens is 1. The monoisotopic (exact) mass is 415 g/mol. The van der Waals surface area contributed by atoms with Crippen molar-refractivity contribution in [1.82, 2.24) is 14.9 Å². The molecule has 0 aliphatic carbocycles. The van der Waals surface area contributed by atoms with E-state index in [1.165, 1.54) is 0 Å². The SMILES string of the molecule is CCNC(=NCCCNS(=O)(=O)CC)N1CCN(c2cccc(Cl)c2)CC1. The predicted molar refractivity (Wildman–Crippen MR) is 113 cm³/mol. The summed E-state index contributed by atoms with van der Waals surface area (Å²) in [6.07, 6.45) is 0.677. The number of rotatable bonds is 8. The summed E-state index contributed by atoms with van der Waals surface area (Å²) in [5.41, 5.74) is 1.15. The normalized spacial score (nSPS) is 15.9. The number of nitrogens with one attached hydrogen (secondary N) is 2. The molecule has 1 aromatic rings. The lowest BCUT2D eigenvalue weighted by molar-refractivity contribution is 0.372. The average molecular weight is 416 g/mol. The first-order chi connectivity index (χ1) is 12.9. The number of anilines is 1. The van der Waals surface area contributed by atoms with Gasteiger partial charge in [0.05, 0.1) is 5.75 Å². The molecule has 0 bridgehead atoms. The molecule has 7 nitrogen and oxygen atoms in total. The minimum Gasteiger partial charge on any atom is -0.368 e. The standard InChI is InChI=1S/C18H30ClN5O2S/c1-3-20-18(21-9-6-10-22-27(25,26)4-2)24-13-11-23(12-14-24)17-8-5-7-16(19)15-17/h5,7-8,15,22H,3-4,6,9-14H2,1-2H3,(H,20,21). The Hall–Kier alpha value is -1.51. The largest absolute Gasteiger partial charge is 0.368 e. The first-order valence-corrected chi connectivity index (χ1v) is 11.5. The first kappa shape index (κ1) is 21.8. The van der Waals surface area contributed by atoms with E-state index in [0.29, 0.717) is 19.5 Å². The topological polar surface area (TPSA) is 77.0 Å². The van der Waals surface area contributed by atoms with Gasteiger partial charge in [-0.1, -0.05) is 17.7 Å². The van der Waals surface area contributed by atoms with Crippen molar-refractivity contribution in [3.05, 3.63) is 29.3 Å². The summed E-state index contributed by atoms with van der Waals surface area (Å²) in [6.45, 7) is 9.05. The Morgan fingerprint density at radius 1 is 1.22 bits per heavy atom. The van der Waals surface area contributed by atoms with E-state index >= 15 is 0 Å². The van der Waals surface area contributed by atoms with Gasteiger partial charge in [0.15, 0.2) is 5.96 Å². The Morgan fingerprint density at radius 3 is 2.59 bits per heavy atom. The Balaban J connectivity index is 1.84. The summed E-state index contributed by atoms with van der Waals surface area (Å²) >= 11 is 6.10. The third-order valence-corrected chi connectivity index (χ3v) is 6.03. The fourth-order valence-electron chi connectivity index (χ4n) is 2.87. The van der Waals surface area contributed by atoms with E-state index in [0.717, 1.165) is 49.4 Å². The lowest BCUT2D eigenvalue weighted by Gasteiger charge is -2.37. The van der Waals surface area contributed by atoms with Crippen LogP contribution in [0.25, 0.3) is 0 Å². The van der Waals surface area contributed by atoms with Crippen LogP contribution in [0.1, 0.15) is 20.3 Å². The molecule has 1 heterocycles. The van der Waals surface area contributed by atoms with E-state index in [1.54, 1.807) is 6.92 Å². The number of guanidine groups is 1. The van der Waals surface area contributed by atoms with Crippen molar-refractivity contribution in [3.8, 4) is 0 Å². The lowest BCUT2D eigenvalue weighted by Crippen LogP contribution is -2.52. The number of benzene rings is 1.